The molecular formula is C23H23FN2O6. The fourth-order valence-electron chi connectivity index (χ4n) is 2.83. The van der Waals surface area contributed by atoms with Crippen molar-refractivity contribution in [2.45, 2.75) is 6.42 Å². The molecule has 0 saturated heterocycles. The van der Waals surface area contributed by atoms with Crippen LogP contribution >= 0.6 is 0 Å². The summed E-state index contributed by atoms with van der Waals surface area (Å²) in [5.74, 6) is -0.819. The van der Waals surface area contributed by atoms with E-state index in [9.17, 15) is 14.0 Å². The van der Waals surface area contributed by atoms with Gasteiger partial charge in [0, 0.05) is 12.6 Å². The molecule has 0 saturated carbocycles. The highest BCUT2D eigenvalue weighted by Gasteiger charge is 2.20. The van der Waals surface area contributed by atoms with Crippen molar-refractivity contribution in [3.63, 3.8) is 0 Å². The number of carbonyl (C=O) groups is 2. The van der Waals surface area contributed by atoms with Crippen LogP contribution < -0.4 is 19.1 Å². The highest BCUT2D eigenvalue weighted by atomic mass is 19.1. The second kappa shape index (κ2) is 12.0. The summed E-state index contributed by atoms with van der Waals surface area (Å²) in [5.41, 5.74) is 0.585. The molecule has 0 N–H and O–H groups in total. The number of benzene rings is 2. The van der Waals surface area contributed by atoms with Gasteiger partial charge in [0.15, 0.2) is 18.1 Å². The second-order valence-corrected chi connectivity index (χ2v) is 6.30. The molecule has 0 bridgehead atoms. The number of hydrogen-bond acceptors (Lipinski definition) is 7. The number of nitriles is 1. The smallest absolute Gasteiger partial charge is 0.331 e. The summed E-state index contributed by atoms with van der Waals surface area (Å²) in [6, 6.07) is 10.9. The SMILES string of the molecule is COc1cc(/C=C/C(=O)OCC(=O)N(CCC#N)c2ccccc2F)cc(OC)c1OC. The van der Waals surface area contributed by atoms with Gasteiger partial charge in [0.25, 0.3) is 5.91 Å². The number of para-hydroxylation sites is 1. The number of anilines is 1. The molecule has 2 rings (SSSR count). The fourth-order valence-corrected chi connectivity index (χ4v) is 2.83. The fraction of sp³-hybridized carbons (Fsp3) is 0.261. The van der Waals surface area contributed by atoms with Gasteiger partial charge in [0.05, 0.1) is 39.5 Å². The number of hydrogen-bond donors (Lipinski definition) is 0. The molecule has 2 aromatic carbocycles. The maximum absolute atomic E-state index is 14.1. The third kappa shape index (κ3) is 6.22. The van der Waals surface area contributed by atoms with Gasteiger partial charge in [-0.2, -0.15) is 5.26 Å². The number of nitrogens with zero attached hydrogens (tertiary/aromatic N) is 2. The molecule has 0 atom stereocenters. The van der Waals surface area contributed by atoms with E-state index in [1.165, 1.54) is 45.6 Å². The molecule has 0 unspecified atom stereocenters. The molecule has 1 amide bonds. The molecule has 32 heavy (non-hydrogen) atoms. The number of rotatable bonds is 10. The number of esters is 1. The van der Waals surface area contributed by atoms with Crippen molar-refractivity contribution < 1.29 is 32.9 Å². The maximum Gasteiger partial charge on any atom is 0.331 e. The van der Waals surface area contributed by atoms with Gasteiger partial charge < -0.3 is 23.8 Å². The van der Waals surface area contributed by atoms with Gasteiger partial charge >= 0.3 is 5.97 Å². The average molecular weight is 442 g/mol. The Kier molecular flexibility index (Phi) is 9.05. The normalized spacial score (nSPS) is 10.3. The standard InChI is InChI=1S/C23H23FN2O6/c1-29-19-13-16(14-20(30-2)23(19)31-3)9-10-22(28)32-15-21(27)26(12-6-11-25)18-8-5-4-7-17(18)24/h4-5,7-10,13-14H,6,12,15H2,1-3H3/b10-9+. The van der Waals surface area contributed by atoms with Crippen molar-refractivity contribution in [1.29, 1.82) is 5.26 Å². The van der Waals surface area contributed by atoms with Crippen LogP contribution in [0.2, 0.25) is 0 Å². The van der Waals surface area contributed by atoms with E-state index in [2.05, 4.69) is 0 Å². The molecule has 0 heterocycles. The van der Waals surface area contributed by atoms with Crippen molar-refractivity contribution in [1.82, 2.24) is 0 Å². The molecule has 9 heteroatoms. The number of carbonyl (C=O) groups excluding carboxylic acids is 2. The van der Waals surface area contributed by atoms with E-state index < -0.39 is 24.3 Å². The highest BCUT2D eigenvalue weighted by molar-refractivity contribution is 5.96. The Labute approximate surface area is 185 Å². The second-order valence-electron chi connectivity index (χ2n) is 6.30. The summed E-state index contributed by atoms with van der Waals surface area (Å²) in [6.07, 6.45) is 2.59. The molecule has 0 aliphatic heterocycles. The average Bonchev–Trinajstić information content (AvgIpc) is 2.81. The molecule has 2 aromatic rings. The largest absolute Gasteiger partial charge is 0.493 e. The zero-order valence-electron chi connectivity index (χ0n) is 18.0. The van der Waals surface area contributed by atoms with E-state index in [0.29, 0.717) is 22.8 Å². The highest BCUT2D eigenvalue weighted by Crippen LogP contribution is 2.38. The van der Waals surface area contributed by atoms with Gasteiger partial charge in [-0.1, -0.05) is 12.1 Å². The molecule has 0 aliphatic carbocycles. The van der Waals surface area contributed by atoms with E-state index in [-0.39, 0.29) is 18.7 Å². The van der Waals surface area contributed by atoms with Crippen LogP contribution in [0.4, 0.5) is 10.1 Å². The third-order valence-corrected chi connectivity index (χ3v) is 4.33. The lowest BCUT2D eigenvalue weighted by Crippen LogP contribution is -2.36. The molecule has 0 spiro atoms. The van der Waals surface area contributed by atoms with E-state index >= 15 is 0 Å². The summed E-state index contributed by atoms with van der Waals surface area (Å²) in [6.45, 7) is -0.646. The first-order valence-electron chi connectivity index (χ1n) is 9.51. The number of ether oxygens (including phenoxy) is 4. The van der Waals surface area contributed by atoms with Gasteiger partial charge in [-0.25, -0.2) is 9.18 Å². The van der Waals surface area contributed by atoms with Crippen molar-refractivity contribution in [2.75, 3.05) is 39.4 Å². The number of amides is 1. The van der Waals surface area contributed by atoms with Gasteiger partial charge in [0.1, 0.15) is 5.82 Å². The number of methoxy groups -OCH3 is 3. The Morgan fingerprint density at radius 2 is 1.75 bits per heavy atom. The van der Waals surface area contributed by atoms with Crippen LogP contribution in [-0.4, -0.2) is 46.4 Å². The van der Waals surface area contributed by atoms with Gasteiger partial charge in [-0.05, 0) is 35.9 Å². The molecule has 168 valence electrons. The first-order valence-corrected chi connectivity index (χ1v) is 9.51. The third-order valence-electron chi connectivity index (χ3n) is 4.33. The van der Waals surface area contributed by atoms with E-state index in [0.717, 1.165) is 11.0 Å². The van der Waals surface area contributed by atoms with Crippen molar-refractivity contribution in [2.24, 2.45) is 0 Å². The van der Waals surface area contributed by atoms with Crippen molar-refractivity contribution >= 4 is 23.6 Å². The van der Waals surface area contributed by atoms with Crippen LogP contribution in [0.25, 0.3) is 6.08 Å². The molecule has 0 aliphatic rings. The molecule has 8 nitrogen and oxygen atoms in total. The van der Waals surface area contributed by atoms with Crippen LogP contribution in [0.15, 0.2) is 42.5 Å². The Morgan fingerprint density at radius 3 is 2.31 bits per heavy atom. The van der Waals surface area contributed by atoms with Gasteiger partial charge in [-0.15, -0.1) is 0 Å². The lowest BCUT2D eigenvalue weighted by molar-refractivity contribution is -0.142. The number of halogens is 1. The summed E-state index contributed by atoms with van der Waals surface area (Å²) >= 11 is 0. The maximum atomic E-state index is 14.1. The first kappa shape index (κ1) is 24.2. The van der Waals surface area contributed by atoms with Crippen LogP contribution in [-0.2, 0) is 14.3 Å². The Balaban J connectivity index is 2.08. The summed E-state index contributed by atoms with van der Waals surface area (Å²) in [7, 11) is 4.42. The van der Waals surface area contributed by atoms with Gasteiger partial charge in [0.2, 0.25) is 5.75 Å². The predicted molar refractivity (Wildman–Crippen MR) is 115 cm³/mol. The zero-order chi connectivity index (χ0) is 23.5. The molecule has 0 fully saturated rings. The Bertz CT molecular complexity index is 1010. The topological polar surface area (TPSA) is 98.1 Å². The minimum atomic E-state index is -0.777. The molecule has 0 aromatic heterocycles. The van der Waals surface area contributed by atoms with E-state index in [1.54, 1.807) is 18.2 Å². The van der Waals surface area contributed by atoms with Crippen LogP contribution in [0, 0.1) is 17.1 Å². The molecular weight excluding hydrogens is 419 g/mol. The van der Waals surface area contributed by atoms with Crippen LogP contribution in [0.1, 0.15) is 12.0 Å². The Morgan fingerprint density at radius 1 is 1.09 bits per heavy atom. The van der Waals surface area contributed by atoms with Crippen molar-refractivity contribution in [3.05, 3.63) is 53.9 Å². The summed E-state index contributed by atoms with van der Waals surface area (Å²) in [4.78, 5) is 25.7. The zero-order valence-corrected chi connectivity index (χ0v) is 18.0. The Hall–Kier alpha value is -4.06. The van der Waals surface area contributed by atoms with Gasteiger partial charge in [-0.3, -0.25) is 4.79 Å². The minimum Gasteiger partial charge on any atom is -0.493 e. The van der Waals surface area contributed by atoms with E-state index in [1.807, 2.05) is 6.07 Å². The molecule has 0 radical (unpaired) electrons. The first-order chi connectivity index (χ1) is 15.4. The van der Waals surface area contributed by atoms with Crippen LogP contribution in [0.3, 0.4) is 0 Å². The predicted octanol–water partition coefficient (Wildman–Crippen LogP) is 3.35. The summed E-state index contributed by atoms with van der Waals surface area (Å²) in [5, 5.41) is 8.82. The minimum absolute atomic E-state index is 0.00490. The quantitative estimate of drug-likeness (QED) is 0.411. The van der Waals surface area contributed by atoms with Crippen LogP contribution in [0.5, 0.6) is 17.2 Å². The monoisotopic (exact) mass is 442 g/mol. The van der Waals surface area contributed by atoms with E-state index in [4.69, 9.17) is 24.2 Å². The van der Waals surface area contributed by atoms with Crippen molar-refractivity contribution in [3.8, 4) is 23.3 Å². The summed E-state index contributed by atoms with van der Waals surface area (Å²) < 4.78 is 34.8. The lowest BCUT2D eigenvalue weighted by atomic mass is 10.1. The lowest BCUT2D eigenvalue weighted by Gasteiger charge is -2.21.